The first-order chi connectivity index (χ1) is 30.2. The molecule has 62 heavy (non-hydrogen) atoms. The summed E-state index contributed by atoms with van der Waals surface area (Å²) in [5.74, 6) is 12.6. The Kier molecular flexibility index (Phi) is 11.7. The number of Topliss-reactive ketones (excluding diaryl/α,β-unsaturated/α-hetero) is 1. The Hall–Kier alpha value is -0.410. The second kappa shape index (κ2) is 17.0. The molecule has 0 saturated heterocycles. The molecular formula is C59H96N2O. The summed E-state index contributed by atoms with van der Waals surface area (Å²) in [4.78, 5) is 22.1. The van der Waals surface area contributed by atoms with Gasteiger partial charge in [0, 0.05) is 48.1 Å². The van der Waals surface area contributed by atoms with E-state index in [2.05, 4.69) is 37.5 Å². The molecule has 12 saturated carbocycles. The molecule has 3 heteroatoms. The van der Waals surface area contributed by atoms with Gasteiger partial charge in [0.15, 0.2) is 0 Å². The molecule has 12 rings (SSSR count). The maximum absolute atomic E-state index is 15.5. The molecule has 12 fully saturated rings. The van der Waals surface area contributed by atoms with Gasteiger partial charge in [-0.15, -0.1) is 0 Å². The van der Waals surface area contributed by atoms with Crippen LogP contribution in [0.3, 0.4) is 0 Å². The number of ketones is 1. The van der Waals surface area contributed by atoms with Crippen LogP contribution >= 0.6 is 0 Å². The fraction of sp³-hybridized carbons (Fsp3) is 0.983. The van der Waals surface area contributed by atoms with Crippen LogP contribution in [0.5, 0.6) is 0 Å². The maximum Gasteiger partial charge on any atom is 0.139 e. The van der Waals surface area contributed by atoms with Gasteiger partial charge in [-0.3, -0.25) is 14.6 Å². The summed E-state index contributed by atoms with van der Waals surface area (Å²) in [6.07, 6.45) is 46.5. The van der Waals surface area contributed by atoms with Crippen molar-refractivity contribution in [3.05, 3.63) is 0 Å². The molecule has 0 aromatic carbocycles. The van der Waals surface area contributed by atoms with E-state index in [4.69, 9.17) is 0 Å². The molecule has 348 valence electrons. The number of carbonyl (C=O) groups is 1. The second-order valence-electron chi connectivity index (χ2n) is 27.4. The lowest BCUT2D eigenvalue weighted by molar-refractivity contribution is -0.160. The van der Waals surface area contributed by atoms with Gasteiger partial charge in [-0.2, -0.15) is 0 Å². The SMILES string of the molecule is CC1(C)C2CCCCC2C2CCC(N(C3CCCCC3)C3CCC4C(C3)C(=O)C3CCCC5C3C4CCC5N(C3CCCCC3)C3CCC4C5CCCCC5C(C)(C)C4C3)CC21. The zero-order valence-electron chi connectivity index (χ0n) is 41.0. The quantitative estimate of drug-likeness (QED) is 0.266. The van der Waals surface area contributed by atoms with Crippen LogP contribution in [-0.4, -0.2) is 51.8 Å². The third-order valence-electron chi connectivity index (χ3n) is 24.9. The summed E-state index contributed by atoms with van der Waals surface area (Å²) in [5.41, 5.74) is 1.05. The van der Waals surface area contributed by atoms with Crippen molar-refractivity contribution in [2.24, 2.45) is 93.7 Å². The van der Waals surface area contributed by atoms with Gasteiger partial charge in [0.1, 0.15) is 5.78 Å². The average molecular weight is 849 g/mol. The highest BCUT2D eigenvalue weighted by Crippen LogP contribution is 2.66. The Morgan fingerprint density at radius 2 is 0.790 bits per heavy atom. The van der Waals surface area contributed by atoms with Gasteiger partial charge in [0.2, 0.25) is 0 Å². The Bertz CT molecular complexity index is 1590. The Morgan fingerprint density at radius 3 is 1.39 bits per heavy atom. The molecule has 0 amide bonds. The van der Waals surface area contributed by atoms with Gasteiger partial charge in [-0.05, 0) is 217 Å². The minimum atomic E-state index is 0.376. The van der Waals surface area contributed by atoms with Crippen molar-refractivity contribution in [2.45, 2.75) is 269 Å². The molecular weight excluding hydrogens is 753 g/mol. The van der Waals surface area contributed by atoms with E-state index in [0.29, 0.717) is 40.5 Å². The molecule has 3 nitrogen and oxygen atoms in total. The lowest BCUT2D eigenvalue weighted by Crippen LogP contribution is -2.63. The normalized spacial score (nSPS) is 50.3. The highest BCUT2D eigenvalue weighted by Gasteiger charge is 2.62. The second-order valence-corrected chi connectivity index (χ2v) is 27.4. The molecule has 0 aromatic rings. The third kappa shape index (κ3) is 6.95. The van der Waals surface area contributed by atoms with Crippen LogP contribution in [0.15, 0.2) is 0 Å². The van der Waals surface area contributed by atoms with Crippen LogP contribution in [0, 0.1) is 93.7 Å². The highest BCUT2D eigenvalue weighted by molar-refractivity contribution is 5.85. The standard InChI is InChI=1S/C59H96N2O/c1-58(2)51-24-13-11-20-43(51)45-30-27-40(35-53(45)58)60(37-16-7-5-8-17-37)39-26-29-42-47-32-33-55(48-22-15-23-49(56(47)48)57(62)50(42)34-39)61(38-18-9-6-10-19-38)41-28-31-46-44-21-12-14-25-52(44)59(3,4)54(46)36-41/h37-56H,5-36H2,1-4H3. The van der Waals surface area contributed by atoms with Crippen molar-refractivity contribution in [3.8, 4) is 0 Å². The molecule has 12 aliphatic carbocycles. The fourth-order valence-electron chi connectivity index (χ4n) is 22.7. The van der Waals surface area contributed by atoms with Gasteiger partial charge in [0.25, 0.3) is 0 Å². The molecule has 0 bridgehead atoms. The zero-order chi connectivity index (χ0) is 41.9. The van der Waals surface area contributed by atoms with Gasteiger partial charge >= 0.3 is 0 Å². The Balaban J connectivity index is 0.789. The summed E-state index contributed by atoms with van der Waals surface area (Å²) in [6, 6.07) is 4.63. The fourth-order valence-corrected chi connectivity index (χ4v) is 22.7. The minimum Gasteiger partial charge on any atom is -0.299 e. The number of rotatable bonds is 6. The first kappa shape index (κ1) is 42.9. The van der Waals surface area contributed by atoms with Crippen LogP contribution in [0.1, 0.15) is 233 Å². The summed E-state index contributed by atoms with van der Waals surface area (Å²) in [5, 5.41) is 0. The van der Waals surface area contributed by atoms with Crippen LogP contribution in [0.2, 0.25) is 0 Å². The van der Waals surface area contributed by atoms with Crippen LogP contribution in [-0.2, 0) is 4.79 Å². The summed E-state index contributed by atoms with van der Waals surface area (Å²) in [6.45, 7) is 10.9. The van der Waals surface area contributed by atoms with E-state index in [1.54, 1.807) is 0 Å². The van der Waals surface area contributed by atoms with Gasteiger partial charge in [-0.25, -0.2) is 0 Å². The number of hydrogen-bond acceptors (Lipinski definition) is 3. The largest absolute Gasteiger partial charge is 0.299 e. The van der Waals surface area contributed by atoms with Crippen molar-refractivity contribution < 1.29 is 4.79 Å². The van der Waals surface area contributed by atoms with E-state index in [0.717, 1.165) is 95.2 Å². The van der Waals surface area contributed by atoms with Crippen molar-refractivity contribution in [1.82, 2.24) is 9.80 Å². The minimum absolute atomic E-state index is 0.376. The lowest BCUT2D eigenvalue weighted by atomic mass is 9.47. The smallest absolute Gasteiger partial charge is 0.139 e. The number of nitrogens with zero attached hydrogens (tertiary/aromatic N) is 2. The number of hydrogen-bond donors (Lipinski definition) is 0. The van der Waals surface area contributed by atoms with Crippen molar-refractivity contribution in [2.75, 3.05) is 0 Å². The van der Waals surface area contributed by atoms with Crippen molar-refractivity contribution >= 4 is 5.78 Å². The van der Waals surface area contributed by atoms with Gasteiger partial charge < -0.3 is 0 Å². The predicted octanol–water partition coefficient (Wildman–Crippen LogP) is 14.7. The number of carbonyl (C=O) groups excluding carboxylic acids is 1. The van der Waals surface area contributed by atoms with Crippen LogP contribution in [0.25, 0.3) is 0 Å². The van der Waals surface area contributed by atoms with Crippen molar-refractivity contribution in [3.63, 3.8) is 0 Å². The van der Waals surface area contributed by atoms with E-state index >= 15 is 4.79 Å². The molecule has 0 heterocycles. The summed E-state index contributed by atoms with van der Waals surface area (Å²) < 4.78 is 0. The first-order valence-electron chi connectivity index (χ1n) is 29.3. The summed E-state index contributed by atoms with van der Waals surface area (Å²) >= 11 is 0. The van der Waals surface area contributed by atoms with E-state index in [9.17, 15) is 0 Å². The molecule has 12 aliphatic rings. The third-order valence-corrected chi connectivity index (χ3v) is 24.9. The number of fused-ring (bicyclic) bond motifs is 8. The molecule has 0 spiro atoms. The molecule has 0 aliphatic heterocycles. The first-order valence-corrected chi connectivity index (χ1v) is 29.3. The van der Waals surface area contributed by atoms with E-state index in [1.807, 2.05) is 0 Å². The van der Waals surface area contributed by atoms with Gasteiger partial charge in [-0.1, -0.05) is 98.3 Å². The maximum atomic E-state index is 15.5. The van der Waals surface area contributed by atoms with Crippen molar-refractivity contribution in [1.29, 1.82) is 0 Å². The van der Waals surface area contributed by atoms with Crippen LogP contribution in [0.4, 0.5) is 0 Å². The lowest BCUT2D eigenvalue weighted by Gasteiger charge is -2.62. The monoisotopic (exact) mass is 849 g/mol. The van der Waals surface area contributed by atoms with E-state index in [1.165, 1.54) is 205 Å². The van der Waals surface area contributed by atoms with E-state index in [-0.39, 0.29) is 0 Å². The molecule has 0 radical (unpaired) electrons. The Labute approximate surface area is 382 Å². The predicted molar refractivity (Wildman–Crippen MR) is 256 cm³/mol. The molecule has 18 unspecified atom stereocenters. The summed E-state index contributed by atoms with van der Waals surface area (Å²) in [7, 11) is 0. The molecule has 0 N–H and O–H groups in total. The molecule has 0 aromatic heterocycles. The highest BCUT2D eigenvalue weighted by atomic mass is 16.1. The molecule has 18 atom stereocenters. The zero-order valence-corrected chi connectivity index (χ0v) is 41.0. The van der Waals surface area contributed by atoms with E-state index < -0.39 is 0 Å². The Morgan fingerprint density at radius 1 is 0.339 bits per heavy atom. The van der Waals surface area contributed by atoms with Gasteiger partial charge in [0.05, 0.1) is 0 Å². The van der Waals surface area contributed by atoms with Crippen LogP contribution < -0.4 is 0 Å². The topological polar surface area (TPSA) is 23.6 Å². The average Bonchev–Trinajstić information content (AvgIpc) is 3.68.